The maximum atomic E-state index is 13.4. The Labute approximate surface area is 185 Å². The molecule has 1 aromatic rings. The lowest BCUT2D eigenvalue weighted by Gasteiger charge is -2.45. The van der Waals surface area contributed by atoms with Crippen LogP contribution in [0.5, 0.6) is 5.75 Å². The quantitative estimate of drug-likeness (QED) is 0.753. The minimum atomic E-state index is -0.629. The van der Waals surface area contributed by atoms with Crippen molar-refractivity contribution in [2.45, 2.75) is 76.7 Å². The lowest BCUT2D eigenvalue weighted by atomic mass is 9.90. The maximum Gasteiger partial charge on any atom is 0.263 e. The molecule has 2 amide bonds. The molecule has 1 N–H and O–H groups in total. The van der Waals surface area contributed by atoms with Crippen molar-refractivity contribution in [3.63, 3.8) is 0 Å². The monoisotopic (exact) mass is 429 g/mol. The van der Waals surface area contributed by atoms with Gasteiger partial charge in [-0.05, 0) is 37.8 Å². The Hall–Kier alpha value is -2.28. The van der Waals surface area contributed by atoms with Gasteiger partial charge in [0, 0.05) is 12.6 Å². The number of anilines is 1. The summed E-state index contributed by atoms with van der Waals surface area (Å²) in [4.78, 5) is 30.3. The second-order valence-corrected chi connectivity index (χ2v) is 8.82. The number of nitrogens with zero attached hydrogens (tertiary/aromatic N) is 2. The third-order valence-electron chi connectivity index (χ3n) is 6.86. The van der Waals surface area contributed by atoms with E-state index in [-0.39, 0.29) is 36.5 Å². The van der Waals surface area contributed by atoms with Crippen LogP contribution in [0.2, 0.25) is 0 Å². The van der Waals surface area contributed by atoms with Crippen molar-refractivity contribution in [2.24, 2.45) is 0 Å². The van der Waals surface area contributed by atoms with Crippen molar-refractivity contribution in [1.29, 1.82) is 0 Å². The van der Waals surface area contributed by atoms with E-state index in [0.717, 1.165) is 37.8 Å². The van der Waals surface area contributed by atoms with Crippen LogP contribution < -0.4 is 15.0 Å². The number of rotatable bonds is 6. The molecule has 0 aromatic heterocycles. The van der Waals surface area contributed by atoms with Gasteiger partial charge >= 0.3 is 0 Å². The Bertz CT molecular complexity index is 780. The molecule has 7 heteroatoms. The van der Waals surface area contributed by atoms with E-state index >= 15 is 0 Å². The number of ether oxygens (including phenoxy) is 2. The van der Waals surface area contributed by atoms with E-state index in [9.17, 15) is 9.59 Å². The maximum absolute atomic E-state index is 13.4. The zero-order chi connectivity index (χ0) is 21.8. The van der Waals surface area contributed by atoms with Crippen molar-refractivity contribution in [1.82, 2.24) is 10.2 Å². The van der Waals surface area contributed by atoms with Gasteiger partial charge in [0.15, 0.2) is 6.10 Å². The molecular formula is C24H35N3O4. The van der Waals surface area contributed by atoms with Gasteiger partial charge in [-0.15, -0.1) is 0 Å². The average Bonchev–Trinajstić information content (AvgIpc) is 2.81. The molecule has 0 bridgehead atoms. The SMILES string of the molecule is CCC(CC)NC(=O)C1CN(CC(=O)N2CCOC3CCCCC32)c2ccccc2O1. The number of fused-ring (bicyclic) bond motifs is 2. The molecule has 2 heterocycles. The van der Waals surface area contributed by atoms with Crippen LogP contribution in [-0.2, 0) is 14.3 Å². The molecule has 1 aromatic carbocycles. The van der Waals surface area contributed by atoms with Crippen LogP contribution in [0, 0.1) is 0 Å². The standard InChI is InChI=1S/C24H35N3O4/c1-3-17(4-2)25-24(29)22-15-26(18-9-5-8-12-21(18)31-22)16-23(28)27-13-14-30-20-11-7-6-10-19(20)27/h5,8-9,12,17,19-20,22H,3-4,6-7,10-11,13-16H2,1-2H3,(H,25,29). The fourth-order valence-electron chi connectivity index (χ4n) is 5.04. The van der Waals surface area contributed by atoms with E-state index in [2.05, 4.69) is 19.2 Å². The van der Waals surface area contributed by atoms with Gasteiger partial charge < -0.3 is 24.6 Å². The van der Waals surface area contributed by atoms with E-state index in [1.807, 2.05) is 34.1 Å². The molecule has 3 atom stereocenters. The first-order valence-electron chi connectivity index (χ1n) is 11.8. The van der Waals surface area contributed by atoms with Gasteiger partial charge in [-0.3, -0.25) is 9.59 Å². The lowest BCUT2D eigenvalue weighted by molar-refractivity contribution is -0.148. The number of morpholine rings is 1. The Kier molecular flexibility index (Phi) is 7.00. The van der Waals surface area contributed by atoms with Crippen LogP contribution >= 0.6 is 0 Å². The fraction of sp³-hybridized carbons (Fsp3) is 0.667. The van der Waals surface area contributed by atoms with Crippen molar-refractivity contribution in [3.8, 4) is 5.75 Å². The zero-order valence-electron chi connectivity index (χ0n) is 18.7. The number of carbonyl (C=O) groups excluding carboxylic acids is 2. The summed E-state index contributed by atoms with van der Waals surface area (Å²) in [5.74, 6) is 0.652. The highest BCUT2D eigenvalue weighted by atomic mass is 16.5. The summed E-state index contributed by atoms with van der Waals surface area (Å²) < 4.78 is 12.0. The molecular weight excluding hydrogens is 394 g/mol. The van der Waals surface area contributed by atoms with Gasteiger partial charge in [-0.2, -0.15) is 0 Å². The third kappa shape index (κ3) is 4.81. The van der Waals surface area contributed by atoms with Gasteiger partial charge in [0.1, 0.15) is 5.75 Å². The van der Waals surface area contributed by atoms with Crippen molar-refractivity contribution < 1.29 is 19.1 Å². The van der Waals surface area contributed by atoms with Crippen LogP contribution in [-0.4, -0.2) is 67.2 Å². The minimum Gasteiger partial charge on any atom is -0.477 e. The second kappa shape index (κ2) is 9.90. The summed E-state index contributed by atoms with van der Waals surface area (Å²) in [6, 6.07) is 7.99. The Balaban J connectivity index is 1.48. The summed E-state index contributed by atoms with van der Waals surface area (Å²) in [5, 5.41) is 3.09. The third-order valence-corrected chi connectivity index (χ3v) is 6.86. The van der Waals surface area contributed by atoms with E-state index < -0.39 is 6.10 Å². The Morgan fingerprint density at radius 1 is 1.16 bits per heavy atom. The largest absolute Gasteiger partial charge is 0.477 e. The molecule has 2 fully saturated rings. The van der Waals surface area contributed by atoms with Gasteiger partial charge in [0.2, 0.25) is 5.91 Å². The molecule has 3 aliphatic rings. The number of nitrogens with one attached hydrogen (secondary N) is 1. The highest BCUT2D eigenvalue weighted by Gasteiger charge is 2.38. The molecule has 7 nitrogen and oxygen atoms in total. The van der Waals surface area contributed by atoms with Crippen LogP contribution in [0.1, 0.15) is 52.4 Å². The van der Waals surface area contributed by atoms with E-state index in [1.165, 1.54) is 6.42 Å². The molecule has 1 saturated carbocycles. The molecule has 0 spiro atoms. The van der Waals surface area contributed by atoms with E-state index in [1.54, 1.807) is 0 Å². The van der Waals surface area contributed by atoms with Gasteiger partial charge in [-0.1, -0.05) is 38.8 Å². The number of amides is 2. The highest BCUT2D eigenvalue weighted by molar-refractivity contribution is 5.86. The minimum absolute atomic E-state index is 0.107. The number of para-hydroxylation sites is 2. The average molecular weight is 430 g/mol. The first kappa shape index (κ1) is 21.9. The molecule has 0 radical (unpaired) electrons. The summed E-state index contributed by atoms with van der Waals surface area (Å²) in [5.41, 5.74) is 0.871. The van der Waals surface area contributed by atoms with Crippen LogP contribution in [0.15, 0.2) is 24.3 Å². The van der Waals surface area contributed by atoms with Crippen LogP contribution in [0.25, 0.3) is 0 Å². The molecule has 1 saturated heterocycles. The lowest BCUT2D eigenvalue weighted by Crippen LogP contribution is -2.58. The Morgan fingerprint density at radius 3 is 2.74 bits per heavy atom. The van der Waals surface area contributed by atoms with Crippen molar-refractivity contribution in [2.75, 3.05) is 31.1 Å². The number of hydrogen-bond donors (Lipinski definition) is 1. The second-order valence-electron chi connectivity index (χ2n) is 8.82. The number of carbonyl (C=O) groups is 2. The molecule has 1 aliphatic carbocycles. The van der Waals surface area contributed by atoms with Gasteiger partial charge in [-0.25, -0.2) is 0 Å². The molecule has 170 valence electrons. The molecule has 4 rings (SSSR count). The molecule has 2 aliphatic heterocycles. The zero-order valence-corrected chi connectivity index (χ0v) is 18.7. The van der Waals surface area contributed by atoms with Gasteiger partial charge in [0.25, 0.3) is 5.91 Å². The number of hydrogen-bond acceptors (Lipinski definition) is 5. The molecule has 31 heavy (non-hydrogen) atoms. The predicted octanol–water partition coefficient (Wildman–Crippen LogP) is 2.73. The summed E-state index contributed by atoms with van der Waals surface area (Å²) in [6.07, 6.45) is 5.67. The van der Waals surface area contributed by atoms with Crippen molar-refractivity contribution >= 4 is 17.5 Å². The normalized spacial score (nSPS) is 25.5. The fourth-order valence-corrected chi connectivity index (χ4v) is 5.04. The highest BCUT2D eigenvalue weighted by Crippen LogP contribution is 2.34. The smallest absolute Gasteiger partial charge is 0.263 e. The first-order chi connectivity index (χ1) is 15.1. The van der Waals surface area contributed by atoms with Crippen LogP contribution in [0.3, 0.4) is 0 Å². The van der Waals surface area contributed by atoms with Crippen LogP contribution in [0.4, 0.5) is 5.69 Å². The van der Waals surface area contributed by atoms with Gasteiger partial charge in [0.05, 0.1) is 37.5 Å². The number of benzene rings is 1. The van der Waals surface area contributed by atoms with Crippen molar-refractivity contribution in [3.05, 3.63) is 24.3 Å². The topological polar surface area (TPSA) is 71.1 Å². The first-order valence-corrected chi connectivity index (χ1v) is 11.8. The van der Waals surface area contributed by atoms with E-state index in [0.29, 0.717) is 25.4 Å². The summed E-state index contributed by atoms with van der Waals surface area (Å²) in [7, 11) is 0. The molecule has 3 unspecified atom stereocenters. The van der Waals surface area contributed by atoms with E-state index in [4.69, 9.17) is 9.47 Å². The predicted molar refractivity (Wildman–Crippen MR) is 119 cm³/mol. The summed E-state index contributed by atoms with van der Waals surface area (Å²) in [6.45, 7) is 6.00. The Morgan fingerprint density at radius 2 is 1.94 bits per heavy atom. The summed E-state index contributed by atoms with van der Waals surface area (Å²) >= 11 is 0.